The molecule has 0 aromatic carbocycles. The van der Waals surface area contributed by atoms with Gasteiger partial charge in [-0.1, -0.05) is 0 Å². The normalized spacial score (nSPS) is 23.0. The molecule has 4 heteroatoms. The Morgan fingerprint density at radius 3 is 2.50 bits per heavy atom. The van der Waals surface area contributed by atoms with E-state index in [1.54, 1.807) is 0 Å². The van der Waals surface area contributed by atoms with Crippen LogP contribution in [0.15, 0.2) is 5.57 Å². The third-order valence-electron chi connectivity index (χ3n) is 1.86. The Morgan fingerprint density at radius 2 is 2.08 bits per heavy atom. The Morgan fingerprint density at radius 1 is 1.42 bits per heavy atom. The van der Waals surface area contributed by atoms with Crippen LogP contribution in [-0.4, -0.2) is 22.2 Å². The van der Waals surface area contributed by atoms with E-state index in [1.807, 2.05) is 0 Å². The van der Waals surface area contributed by atoms with Gasteiger partial charge in [-0.05, 0) is 25.3 Å². The first-order chi connectivity index (χ1) is 5.63. The molecule has 0 heterocycles. The summed E-state index contributed by atoms with van der Waals surface area (Å²) in [5.41, 5.74) is -0.0891. The minimum atomic E-state index is -1.16. The number of hydrogen-bond donors (Lipinski definition) is 2. The van der Waals surface area contributed by atoms with Crippen LogP contribution in [0.5, 0.6) is 0 Å². The molecule has 0 amide bonds. The zero-order valence-electron chi connectivity index (χ0n) is 6.41. The van der Waals surface area contributed by atoms with Crippen molar-refractivity contribution in [3.05, 3.63) is 11.6 Å². The molecule has 2 N–H and O–H groups in total. The van der Waals surface area contributed by atoms with E-state index in [1.165, 1.54) is 0 Å². The summed E-state index contributed by atoms with van der Waals surface area (Å²) in [5, 5.41) is 17.2. The van der Waals surface area contributed by atoms with E-state index < -0.39 is 17.9 Å². The minimum Gasteiger partial charge on any atom is -0.481 e. The molecule has 12 heavy (non-hydrogen) atoms. The smallest absolute Gasteiger partial charge is 0.332 e. The van der Waals surface area contributed by atoms with Gasteiger partial charge in [-0.25, -0.2) is 4.79 Å². The minimum absolute atomic E-state index is 0.0891. The van der Waals surface area contributed by atoms with Crippen molar-refractivity contribution in [2.24, 2.45) is 5.92 Å². The standard InChI is InChI=1S/C8H9O4/c9-7(10)5-3-1-2-4-6(5)8(11)12/h5H,1-3H2,(H,9,10)(H,11,12). The predicted octanol–water partition coefficient (Wildman–Crippen LogP) is 0.685. The molecule has 0 aromatic rings. The molecule has 4 nitrogen and oxygen atoms in total. The molecule has 0 spiro atoms. The molecule has 0 aromatic heterocycles. The van der Waals surface area contributed by atoms with Crippen molar-refractivity contribution in [1.82, 2.24) is 0 Å². The van der Waals surface area contributed by atoms with Gasteiger partial charge in [0.1, 0.15) is 0 Å². The molecule has 1 aliphatic carbocycles. The quantitative estimate of drug-likeness (QED) is 0.637. The zero-order chi connectivity index (χ0) is 9.14. The molecular weight excluding hydrogens is 160 g/mol. The molecule has 0 bridgehead atoms. The summed E-state index contributed by atoms with van der Waals surface area (Å²) in [6.07, 6.45) is 4.24. The van der Waals surface area contributed by atoms with E-state index in [0.717, 1.165) is 0 Å². The van der Waals surface area contributed by atoms with Crippen LogP contribution in [0.4, 0.5) is 0 Å². The van der Waals surface area contributed by atoms with Crippen LogP contribution in [0, 0.1) is 12.0 Å². The molecule has 1 rings (SSSR count). The van der Waals surface area contributed by atoms with Crippen molar-refractivity contribution < 1.29 is 19.8 Å². The van der Waals surface area contributed by atoms with E-state index in [0.29, 0.717) is 19.3 Å². The second-order valence-corrected chi connectivity index (χ2v) is 2.68. The second kappa shape index (κ2) is 3.38. The highest BCUT2D eigenvalue weighted by Gasteiger charge is 2.28. The Kier molecular flexibility index (Phi) is 2.47. The first-order valence-corrected chi connectivity index (χ1v) is 3.69. The van der Waals surface area contributed by atoms with Crippen LogP contribution in [0.2, 0.25) is 0 Å². The first kappa shape index (κ1) is 8.77. The van der Waals surface area contributed by atoms with E-state index in [9.17, 15) is 9.59 Å². The van der Waals surface area contributed by atoms with E-state index in [4.69, 9.17) is 10.2 Å². The molecule has 65 valence electrons. The number of aliphatic carboxylic acids is 2. The number of carboxylic acid groups (broad SMARTS) is 2. The first-order valence-electron chi connectivity index (χ1n) is 3.69. The lowest BCUT2D eigenvalue weighted by Gasteiger charge is -2.16. The van der Waals surface area contributed by atoms with Gasteiger partial charge in [-0.15, -0.1) is 0 Å². The monoisotopic (exact) mass is 169 g/mol. The Balaban J connectivity index is 2.85. The number of hydrogen-bond acceptors (Lipinski definition) is 2. The van der Waals surface area contributed by atoms with Crippen LogP contribution in [0.1, 0.15) is 19.3 Å². The number of rotatable bonds is 2. The fourth-order valence-electron chi connectivity index (χ4n) is 1.27. The van der Waals surface area contributed by atoms with Crippen molar-refractivity contribution in [1.29, 1.82) is 0 Å². The fraction of sp³-hybridized carbons (Fsp3) is 0.500. The van der Waals surface area contributed by atoms with E-state index in [-0.39, 0.29) is 5.57 Å². The van der Waals surface area contributed by atoms with Gasteiger partial charge in [0.15, 0.2) is 0 Å². The highest BCUT2D eigenvalue weighted by molar-refractivity contribution is 5.93. The maximum atomic E-state index is 10.5. The second-order valence-electron chi connectivity index (χ2n) is 2.68. The molecule has 0 aliphatic heterocycles. The molecular formula is C8H9O4. The molecule has 1 unspecified atom stereocenters. The summed E-state index contributed by atoms with van der Waals surface area (Å²) >= 11 is 0. The fourth-order valence-corrected chi connectivity index (χ4v) is 1.27. The van der Waals surface area contributed by atoms with Crippen LogP contribution in [-0.2, 0) is 9.59 Å². The van der Waals surface area contributed by atoms with Gasteiger partial charge in [0.05, 0.1) is 11.5 Å². The van der Waals surface area contributed by atoms with Crippen LogP contribution < -0.4 is 0 Å². The average Bonchev–Trinajstić information content (AvgIpc) is 2.04. The number of carboxylic acids is 2. The summed E-state index contributed by atoms with van der Waals surface area (Å²) in [7, 11) is 0. The molecule has 0 saturated carbocycles. The molecule has 0 fully saturated rings. The third-order valence-corrected chi connectivity index (χ3v) is 1.86. The summed E-state index contributed by atoms with van der Waals surface area (Å²) in [6.45, 7) is 0. The highest BCUT2D eigenvalue weighted by Crippen LogP contribution is 2.24. The van der Waals surface area contributed by atoms with Crippen LogP contribution >= 0.6 is 0 Å². The van der Waals surface area contributed by atoms with E-state index >= 15 is 0 Å². The lowest BCUT2D eigenvalue weighted by Crippen LogP contribution is -2.23. The number of carbonyl (C=O) groups is 2. The van der Waals surface area contributed by atoms with Gasteiger partial charge in [0.25, 0.3) is 0 Å². The van der Waals surface area contributed by atoms with Crippen molar-refractivity contribution in [3.63, 3.8) is 0 Å². The lowest BCUT2D eigenvalue weighted by atomic mass is 9.88. The van der Waals surface area contributed by atoms with Gasteiger partial charge in [0.2, 0.25) is 0 Å². The summed E-state index contributed by atoms with van der Waals surface area (Å²) in [4.78, 5) is 21.1. The summed E-state index contributed by atoms with van der Waals surface area (Å²) in [6, 6.07) is 0. The average molecular weight is 169 g/mol. The Labute approximate surface area is 69.5 Å². The van der Waals surface area contributed by atoms with Crippen LogP contribution in [0.25, 0.3) is 0 Å². The maximum Gasteiger partial charge on any atom is 0.332 e. The van der Waals surface area contributed by atoms with Gasteiger partial charge in [-0.2, -0.15) is 0 Å². The van der Waals surface area contributed by atoms with Gasteiger partial charge in [0, 0.05) is 0 Å². The predicted molar refractivity (Wildman–Crippen MR) is 39.4 cm³/mol. The largest absolute Gasteiger partial charge is 0.481 e. The van der Waals surface area contributed by atoms with Crippen molar-refractivity contribution >= 4 is 11.9 Å². The van der Waals surface area contributed by atoms with E-state index in [2.05, 4.69) is 6.08 Å². The van der Waals surface area contributed by atoms with Gasteiger partial charge >= 0.3 is 11.9 Å². The summed E-state index contributed by atoms with van der Waals surface area (Å²) < 4.78 is 0. The number of allylic oxidation sites excluding steroid dienone is 1. The molecule has 1 aliphatic rings. The maximum absolute atomic E-state index is 10.5. The molecule has 0 saturated heterocycles. The lowest BCUT2D eigenvalue weighted by molar-refractivity contribution is -0.144. The topological polar surface area (TPSA) is 74.6 Å². The molecule has 1 radical (unpaired) electrons. The van der Waals surface area contributed by atoms with Gasteiger partial charge < -0.3 is 10.2 Å². The molecule has 1 atom stereocenters. The Bertz CT molecular complexity index is 241. The highest BCUT2D eigenvalue weighted by atomic mass is 16.4. The van der Waals surface area contributed by atoms with Crippen LogP contribution in [0.3, 0.4) is 0 Å². The van der Waals surface area contributed by atoms with Crippen molar-refractivity contribution in [2.75, 3.05) is 0 Å². The third kappa shape index (κ3) is 1.64. The van der Waals surface area contributed by atoms with Gasteiger partial charge in [-0.3, -0.25) is 4.79 Å². The summed E-state index contributed by atoms with van der Waals surface area (Å²) in [5.74, 6) is -3.10. The van der Waals surface area contributed by atoms with Crippen molar-refractivity contribution in [3.8, 4) is 0 Å². The SMILES string of the molecule is O=C(O)C1=[C]CCCC1C(=O)O. The zero-order valence-corrected chi connectivity index (χ0v) is 6.41. The van der Waals surface area contributed by atoms with Crippen molar-refractivity contribution in [2.45, 2.75) is 19.3 Å². The Hall–Kier alpha value is -1.32.